The molecule has 320 valence electrons. The summed E-state index contributed by atoms with van der Waals surface area (Å²) in [6.45, 7) is 5.10. The van der Waals surface area contributed by atoms with Gasteiger partial charge in [-0.15, -0.1) is 0 Å². The number of rotatable bonds is 4. The highest BCUT2D eigenvalue weighted by Crippen LogP contribution is 2.53. The second-order valence-corrected chi connectivity index (χ2v) is 25.2. The predicted molar refractivity (Wildman–Crippen MR) is 280 cm³/mol. The number of nitrogens with zero attached hydrogens (tertiary/aromatic N) is 2. The lowest BCUT2D eigenvalue weighted by Crippen LogP contribution is -2.56. The highest BCUT2D eigenvalue weighted by Gasteiger charge is 2.39. The summed E-state index contributed by atoms with van der Waals surface area (Å²) in [5.74, 6) is 3.14. The molecule has 0 saturated heterocycles. The third-order valence-corrected chi connectivity index (χ3v) is 20.5. The summed E-state index contributed by atoms with van der Waals surface area (Å²) < 4.78 is 11.1. The zero-order valence-electron chi connectivity index (χ0n) is 37.5. The van der Waals surface area contributed by atoms with E-state index in [1.165, 1.54) is 155 Å². The van der Waals surface area contributed by atoms with Crippen LogP contribution in [-0.2, 0) is 0 Å². The number of benzene rings is 8. The lowest BCUT2D eigenvalue weighted by molar-refractivity contribution is 0.488. The molecule has 14 rings (SSSR count). The zero-order chi connectivity index (χ0) is 43.7. The maximum Gasteiger partial charge on any atom is 0.195 e. The molecule has 3 nitrogen and oxygen atoms in total. The fourth-order valence-electron chi connectivity index (χ4n) is 12.7. The average molecular weight is 887 g/mol. The van der Waals surface area contributed by atoms with Crippen LogP contribution in [0.15, 0.2) is 158 Å². The lowest BCUT2D eigenvalue weighted by Gasteiger charge is -2.35. The van der Waals surface area contributed by atoms with Crippen LogP contribution in [0, 0.1) is 0 Å². The maximum atomic E-state index is 7.39. The Kier molecular flexibility index (Phi) is 8.64. The fourth-order valence-corrected chi connectivity index (χ4v) is 16.8. The first-order valence-corrected chi connectivity index (χ1v) is 28.1. The van der Waals surface area contributed by atoms with Crippen molar-refractivity contribution in [3.63, 3.8) is 0 Å². The number of thiazole rings is 1. The maximum absolute atomic E-state index is 7.39. The van der Waals surface area contributed by atoms with E-state index in [1.807, 2.05) is 11.3 Å². The van der Waals surface area contributed by atoms with E-state index in [-0.39, 0.29) is 0 Å². The Labute approximate surface area is 391 Å². The number of hydrogen-bond donors (Lipinski definition) is 0. The van der Waals surface area contributed by atoms with Gasteiger partial charge in [-0.3, -0.25) is 4.40 Å². The van der Waals surface area contributed by atoms with Crippen molar-refractivity contribution in [2.24, 2.45) is 0 Å². The molecule has 5 heteroatoms. The smallest absolute Gasteiger partial charge is 0.195 e. The van der Waals surface area contributed by atoms with Gasteiger partial charge in [-0.05, 0) is 151 Å². The van der Waals surface area contributed by atoms with Gasteiger partial charge in [0.2, 0.25) is 0 Å². The molecule has 0 atom stereocenters. The molecule has 0 amide bonds. The number of imidazole rings is 1. The van der Waals surface area contributed by atoms with Gasteiger partial charge in [0, 0.05) is 11.1 Å². The molecule has 3 heterocycles. The van der Waals surface area contributed by atoms with Crippen LogP contribution in [0.3, 0.4) is 0 Å². The van der Waals surface area contributed by atoms with Gasteiger partial charge in [-0.2, -0.15) is 0 Å². The molecule has 0 radical (unpaired) electrons. The minimum absolute atomic E-state index is 0.500. The molecular formula is C61H50N2OSSi. The van der Waals surface area contributed by atoms with Crippen molar-refractivity contribution in [2.75, 3.05) is 0 Å². The summed E-state index contributed by atoms with van der Waals surface area (Å²) in [5.41, 5.74) is 22.1. The van der Waals surface area contributed by atoms with Crippen LogP contribution >= 0.6 is 11.3 Å². The molecule has 4 aliphatic rings. The zero-order valence-corrected chi connectivity index (χ0v) is 39.4. The first kappa shape index (κ1) is 38.7. The first-order chi connectivity index (χ1) is 32.5. The SMILES string of the molecule is C[Si]1(C)c2cc(-c3c(C4CCCC4)ccc4c3sc3nc5ccccc5n34)ccc2Oc2c(-c3cc4c(cc3C3CCCC3)-c3ccccc3-c3ccccc3-c3ccccc3-4)cccc21. The monoisotopic (exact) mass is 886 g/mol. The number of hydrogen-bond acceptors (Lipinski definition) is 3. The first-order valence-electron chi connectivity index (χ1n) is 24.3. The molecule has 0 N–H and O–H groups in total. The van der Waals surface area contributed by atoms with Crippen molar-refractivity contribution in [3.05, 3.63) is 169 Å². The third kappa shape index (κ3) is 5.69. The molecule has 0 bridgehead atoms. The van der Waals surface area contributed by atoms with Crippen LogP contribution < -0.4 is 15.1 Å². The average Bonchev–Trinajstić information content (AvgIpc) is 4.20. The Morgan fingerprint density at radius 3 is 1.74 bits per heavy atom. The lowest BCUT2D eigenvalue weighted by atomic mass is 9.77. The topological polar surface area (TPSA) is 26.5 Å². The van der Waals surface area contributed by atoms with Gasteiger partial charge in [-0.1, -0.05) is 171 Å². The minimum Gasteiger partial charge on any atom is -0.457 e. The normalized spacial score (nSPS) is 16.3. The van der Waals surface area contributed by atoms with Crippen molar-refractivity contribution in [2.45, 2.75) is 76.3 Å². The number of para-hydroxylation sites is 3. The fraction of sp³-hybridized carbons (Fsp3) is 0.197. The molecule has 1 aliphatic heterocycles. The highest BCUT2D eigenvalue weighted by molar-refractivity contribution is 7.24. The Morgan fingerprint density at radius 1 is 0.500 bits per heavy atom. The van der Waals surface area contributed by atoms with Gasteiger partial charge >= 0.3 is 0 Å². The number of fused-ring (bicyclic) bond motifs is 15. The van der Waals surface area contributed by atoms with Gasteiger partial charge < -0.3 is 4.74 Å². The van der Waals surface area contributed by atoms with E-state index >= 15 is 0 Å². The third-order valence-electron chi connectivity index (χ3n) is 16.0. The molecule has 0 unspecified atom stereocenters. The van der Waals surface area contributed by atoms with Gasteiger partial charge in [0.15, 0.2) is 4.96 Å². The van der Waals surface area contributed by atoms with Crippen molar-refractivity contribution in [1.29, 1.82) is 0 Å². The highest BCUT2D eigenvalue weighted by atomic mass is 32.1. The Bertz CT molecular complexity index is 3640. The Hall–Kier alpha value is -6.53. The van der Waals surface area contributed by atoms with Crippen LogP contribution in [0.2, 0.25) is 13.1 Å². The van der Waals surface area contributed by atoms with E-state index in [4.69, 9.17) is 9.72 Å². The molecule has 2 saturated carbocycles. The molecule has 8 aromatic carbocycles. The van der Waals surface area contributed by atoms with Crippen molar-refractivity contribution >= 4 is 56.0 Å². The molecule has 3 aliphatic carbocycles. The van der Waals surface area contributed by atoms with Gasteiger partial charge in [0.25, 0.3) is 0 Å². The summed E-state index contributed by atoms with van der Waals surface area (Å²) in [6, 6.07) is 60.0. The van der Waals surface area contributed by atoms with E-state index in [9.17, 15) is 0 Å². The predicted octanol–water partition coefficient (Wildman–Crippen LogP) is 16.3. The minimum atomic E-state index is -2.31. The summed E-state index contributed by atoms with van der Waals surface area (Å²) in [5, 5.41) is 2.76. The summed E-state index contributed by atoms with van der Waals surface area (Å²) in [7, 11) is -2.31. The Balaban J connectivity index is 0.953. The van der Waals surface area contributed by atoms with Crippen LogP contribution in [0.25, 0.3) is 93.0 Å². The van der Waals surface area contributed by atoms with Crippen molar-refractivity contribution in [3.8, 4) is 78.3 Å². The van der Waals surface area contributed by atoms with Gasteiger partial charge in [0.1, 0.15) is 19.6 Å². The summed E-state index contributed by atoms with van der Waals surface area (Å²) in [6.07, 6.45) is 10.1. The van der Waals surface area contributed by atoms with E-state index in [0.717, 1.165) is 22.0 Å². The quantitative estimate of drug-likeness (QED) is 0.165. The van der Waals surface area contributed by atoms with E-state index in [0.29, 0.717) is 11.8 Å². The molecular weight excluding hydrogens is 837 g/mol. The molecule has 0 spiro atoms. The molecule has 2 aromatic heterocycles. The molecule has 2 fully saturated rings. The molecule has 10 aromatic rings. The summed E-state index contributed by atoms with van der Waals surface area (Å²) in [4.78, 5) is 6.19. The van der Waals surface area contributed by atoms with Crippen LogP contribution in [0.5, 0.6) is 11.5 Å². The van der Waals surface area contributed by atoms with Crippen LogP contribution in [0.4, 0.5) is 0 Å². The second-order valence-electron chi connectivity index (χ2n) is 19.9. The van der Waals surface area contributed by atoms with Crippen LogP contribution in [-0.4, -0.2) is 17.5 Å². The Morgan fingerprint density at radius 2 is 1.08 bits per heavy atom. The van der Waals surface area contributed by atoms with Crippen LogP contribution in [0.1, 0.15) is 74.3 Å². The standard InChI is InChI=1S/C61H50N2OSSi/c1-66(2)56-29-15-26-47(51-36-50-46-25-12-10-23-44(46)42-21-8-7-20-41(42)43-22-9-11-24-45(43)49(50)35-48(51)38-18-5-6-19-38)59(56)64-55-33-30-39(34-57(55)66)58-40(37-16-3-4-17-37)31-32-54-60(58)65-61-62-52-27-13-14-28-53(52)63(54)61/h7-15,20-38H,3-6,16-19H2,1-2H3. The van der Waals surface area contributed by atoms with Crippen molar-refractivity contribution in [1.82, 2.24) is 9.38 Å². The second kappa shape index (κ2) is 14.7. The number of ether oxygens (including phenoxy) is 1. The van der Waals surface area contributed by atoms with E-state index in [1.54, 1.807) is 0 Å². The van der Waals surface area contributed by atoms with Gasteiger partial charge in [-0.25, -0.2) is 4.98 Å². The van der Waals surface area contributed by atoms with E-state index in [2.05, 4.69) is 175 Å². The summed E-state index contributed by atoms with van der Waals surface area (Å²) >= 11 is 1.85. The molecule has 66 heavy (non-hydrogen) atoms. The van der Waals surface area contributed by atoms with Gasteiger partial charge in [0.05, 0.1) is 21.3 Å². The van der Waals surface area contributed by atoms with E-state index < -0.39 is 8.07 Å². The number of aromatic nitrogens is 2. The largest absolute Gasteiger partial charge is 0.457 e. The van der Waals surface area contributed by atoms with Crippen molar-refractivity contribution < 1.29 is 4.74 Å².